The van der Waals surface area contributed by atoms with Gasteiger partial charge in [0.15, 0.2) is 0 Å². The van der Waals surface area contributed by atoms with Crippen LogP contribution in [0.25, 0.3) is 0 Å². The van der Waals surface area contributed by atoms with Gasteiger partial charge in [-0.25, -0.2) is 0 Å². The first-order valence-electron chi connectivity index (χ1n) is 7.19. The molecule has 0 bridgehead atoms. The van der Waals surface area contributed by atoms with Crippen LogP contribution in [0, 0.1) is 0 Å². The zero-order valence-electron chi connectivity index (χ0n) is 12.6. The molecule has 0 saturated heterocycles. The summed E-state index contributed by atoms with van der Waals surface area (Å²) >= 11 is 0. The summed E-state index contributed by atoms with van der Waals surface area (Å²) in [6.07, 6.45) is 2.39. The number of ether oxygens (including phenoxy) is 2. The fourth-order valence-electron chi connectivity index (χ4n) is 2.26. The van der Waals surface area contributed by atoms with Gasteiger partial charge in [-0.3, -0.25) is 0 Å². The molecule has 0 aliphatic carbocycles. The molecule has 2 unspecified atom stereocenters. The number of methoxy groups -OCH3 is 1. The summed E-state index contributed by atoms with van der Waals surface area (Å²) in [4.78, 5) is 0. The maximum atomic E-state index is 5.70. The first kappa shape index (κ1) is 16.0. The summed E-state index contributed by atoms with van der Waals surface area (Å²) in [5, 5.41) is 3.51. The van der Waals surface area contributed by atoms with E-state index < -0.39 is 0 Å². The summed E-state index contributed by atoms with van der Waals surface area (Å²) in [6.45, 7) is 8.07. The molecular formula is C16H27NO2. The quantitative estimate of drug-likeness (QED) is 0.744. The Morgan fingerprint density at radius 2 is 1.84 bits per heavy atom. The zero-order chi connectivity index (χ0) is 14.1. The molecule has 19 heavy (non-hydrogen) atoms. The topological polar surface area (TPSA) is 30.5 Å². The van der Waals surface area contributed by atoms with Crippen molar-refractivity contribution >= 4 is 0 Å². The Bertz CT molecular complexity index is 337. The highest BCUT2D eigenvalue weighted by Gasteiger charge is 2.16. The number of nitrogens with one attached hydrogen (secondary N) is 1. The van der Waals surface area contributed by atoms with E-state index in [1.807, 2.05) is 19.1 Å². The summed E-state index contributed by atoms with van der Waals surface area (Å²) in [7, 11) is 1.69. The Kier molecular flexibility index (Phi) is 7.53. The first-order valence-corrected chi connectivity index (χ1v) is 7.19. The van der Waals surface area contributed by atoms with E-state index in [0.717, 1.165) is 31.7 Å². The van der Waals surface area contributed by atoms with Crippen molar-refractivity contribution in [1.29, 1.82) is 0 Å². The third-order valence-corrected chi connectivity index (χ3v) is 3.37. The highest BCUT2D eigenvalue weighted by Crippen LogP contribution is 2.14. The molecule has 0 heterocycles. The van der Waals surface area contributed by atoms with Gasteiger partial charge in [-0.1, -0.05) is 19.1 Å². The maximum absolute atomic E-state index is 5.70. The number of rotatable bonds is 9. The fourth-order valence-corrected chi connectivity index (χ4v) is 2.26. The SMILES string of the molecule is CCNC(CCc1ccc(OC)cc1)C(C)OCC. The lowest BCUT2D eigenvalue weighted by Gasteiger charge is -2.24. The number of aryl methyl sites for hydroxylation is 1. The van der Waals surface area contributed by atoms with Crippen LogP contribution in [0.1, 0.15) is 32.8 Å². The highest BCUT2D eigenvalue weighted by molar-refractivity contribution is 5.27. The number of hydrogen-bond acceptors (Lipinski definition) is 3. The third-order valence-electron chi connectivity index (χ3n) is 3.37. The normalized spacial score (nSPS) is 14.1. The van der Waals surface area contributed by atoms with Crippen LogP contribution in [0.3, 0.4) is 0 Å². The molecule has 0 spiro atoms. The molecule has 1 rings (SSSR count). The molecule has 0 aliphatic rings. The molecule has 1 aromatic carbocycles. The lowest BCUT2D eigenvalue weighted by atomic mass is 10.0. The lowest BCUT2D eigenvalue weighted by molar-refractivity contribution is 0.0458. The van der Waals surface area contributed by atoms with Crippen LogP contribution in [0.2, 0.25) is 0 Å². The van der Waals surface area contributed by atoms with Crippen LogP contribution in [-0.2, 0) is 11.2 Å². The molecule has 108 valence electrons. The van der Waals surface area contributed by atoms with Crippen molar-refractivity contribution in [2.75, 3.05) is 20.3 Å². The summed E-state index contributed by atoms with van der Waals surface area (Å²) < 4.78 is 10.9. The van der Waals surface area contributed by atoms with E-state index in [4.69, 9.17) is 9.47 Å². The molecule has 0 aliphatic heterocycles. The van der Waals surface area contributed by atoms with E-state index in [0.29, 0.717) is 6.04 Å². The molecule has 1 aromatic rings. The average Bonchev–Trinajstić information content (AvgIpc) is 2.44. The Morgan fingerprint density at radius 1 is 1.16 bits per heavy atom. The van der Waals surface area contributed by atoms with Crippen LogP contribution in [-0.4, -0.2) is 32.4 Å². The van der Waals surface area contributed by atoms with Crippen molar-refractivity contribution < 1.29 is 9.47 Å². The van der Waals surface area contributed by atoms with E-state index >= 15 is 0 Å². The second-order valence-electron chi connectivity index (χ2n) is 4.71. The summed E-state index contributed by atoms with van der Waals surface area (Å²) in [5.74, 6) is 0.912. The summed E-state index contributed by atoms with van der Waals surface area (Å²) in [5.41, 5.74) is 1.34. The molecule has 3 heteroatoms. The van der Waals surface area contributed by atoms with E-state index in [-0.39, 0.29) is 6.10 Å². The Labute approximate surface area is 117 Å². The Morgan fingerprint density at radius 3 is 2.37 bits per heavy atom. The van der Waals surface area contributed by atoms with Crippen molar-refractivity contribution in [2.24, 2.45) is 0 Å². The van der Waals surface area contributed by atoms with Crippen molar-refractivity contribution in [3.05, 3.63) is 29.8 Å². The second-order valence-corrected chi connectivity index (χ2v) is 4.71. The van der Waals surface area contributed by atoms with Gasteiger partial charge in [0.05, 0.1) is 13.2 Å². The molecule has 0 radical (unpaired) electrons. The van der Waals surface area contributed by atoms with E-state index in [1.165, 1.54) is 5.56 Å². The van der Waals surface area contributed by atoms with Gasteiger partial charge in [-0.15, -0.1) is 0 Å². The fraction of sp³-hybridized carbons (Fsp3) is 0.625. The van der Waals surface area contributed by atoms with Crippen LogP contribution in [0.5, 0.6) is 5.75 Å². The first-order chi connectivity index (χ1) is 9.21. The molecule has 1 N–H and O–H groups in total. The van der Waals surface area contributed by atoms with E-state index in [1.54, 1.807) is 7.11 Å². The van der Waals surface area contributed by atoms with Gasteiger partial charge < -0.3 is 14.8 Å². The number of benzene rings is 1. The predicted molar refractivity (Wildman–Crippen MR) is 79.9 cm³/mol. The van der Waals surface area contributed by atoms with Crippen LogP contribution in [0.4, 0.5) is 0 Å². The minimum atomic E-state index is 0.253. The van der Waals surface area contributed by atoms with Crippen LogP contribution < -0.4 is 10.1 Å². The maximum Gasteiger partial charge on any atom is 0.118 e. The number of likely N-dealkylation sites (N-methyl/N-ethyl adjacent to an activating group) is 1. The molecular weight excluding hydrogens is 238 g/mol. The van der Waals surface area contributed by atoms with Crippen molar-refractivity contribution in [1.82, 2.24) is 5.32 Å². The smallest absolute Gasteiger partial charge is 0.118 e. The molecule has 3 nitrogen and oxygen atoms in total. The molecule has 0 fully saturated rings. The monoisotopic (exact) mass is 265 g/mol. The van der Waals surface area contributed by atoms with Crippen LogP contribution >= 0.6 is 0 Å². The van der Waals surface area contributed by atoms with Crippen molar-refractivity contribution in [3.63, 3.8) is 0 Å². The third kappa shape index (κ3) is 5.62. The molecule has 0 aromatic heterocycles. The van der Waals surface area contributed by atoms with Gasteiger partial charge in [-0.05, 0) is 50.9 Å². The zero-order valence-corrected chi connectivity index (χ0v) is 12.6. The minimum Gasteiger partial charge on any atom is -0.497 e. The Balaban J connectivity index is 2.49. The van der Waals surface area contributed by atoms with Crippen molar-refractivity contribution in [2.45, 2.75) is 45.8 Å². The largest absolute Gasteiger partial charge is 0.497 e. The summed E-state index contributed by atoms with van der Waals surface area (Å²) in [6, 6.07) is 8.71. The minimum absolute atomic E-state index is 0.253. The molecule has 0 saturated carbocycles. The van der Waals surface area contributed by atoms with Gasteiger partial charge in [0.2, 0.25) is 0 Å². The standard InChI is InChI=1S/C16H27NO2/c1-5-17-16(13(3)19-6-2)12-9-14-7-10-15(18-4)11-8-14/h7-8,10-11,13,16-17H,5-6,9,12H2,1-4H3. The second kappa shape index (κ2) is 8.94. The van der Waals surface area contributed by atoms with Crippen molar-refractivity contribution in [3.8, 4) is 5.75 Å². The van der Waals surface area contributed by atoms with Gasteiger partial charge in [0.25, 0.3) is 0 Å². The van der Waals surface area contributed by atoms with Gasteiger partial charge in [-0.2, -0.15) is 0 Å². The lowest BCUT2D eigenvalue weighted by Crippen LogP contribution is -2.40. The highest BCUT2D eigenvalue weighted by atomic mass is 16.5. The van der Waals surface area contributed by atoms with Crippen LogP contribution in [0.15, 0.2) is 24.3 Å². The van der Waals surface area contributed by atoms with Gasteiger partial charge in [0.1, 0.15) is 5.75 Å². The number of hydrogen-bond donors (Lipinski definition) is 1. The molecule has 2 atom stereocenters. The van der Waals surface area contributed by atoms with E-state index in [9.17, 15) is 0 Å². The predicted octanol–water partition coefficient (Wildman–Crippen LogP) is 3.03. The van der Waals surface area contributed by atoms with Gasteiger partial charge >= 0.3 is 0 Å². The van der Waals surface area contributed by atoms with E-state index in [2.05, 4.69) is 31.3 Å². The molecule has 0 amide bonds. The van der Waals surface area contributed by atoms with Gasteiger partial charge in [0, 0.05) is 12.6 Å². The average molecular weight is 265 g/mol. The Hall–Kier alpha value is -1.06.